The summed E-state index contributed by atoms with van der Waals surface area (Å²) in [4.78, 5) is 25.0. The molecule has 2 N–H and O–H groups in total. The normalized spacial score (nSPS) is 26.5. The number of thiophene rings is 1. The van der Waals surface area contributed by atoms with Gasteiger partial charge in [0.25, 0.3) is 0 Å². The lowest BCUT2D eigenvalue weighted by Gasteiger charge is -2.20. The Balaban J connectivity index is 2.06. The smallest absolute Gasteiger partial charge is 0.307 e. The lowest BCUT2D eigenvalue weighted by atomic mass is 9.95. The van der Waals surface area contributed by atoms with Gasteiger partial charge in [-0.25, -0.2) is 0 Å². The predicted octanol–water partition coefficient (Wildman–Crippen LogP) is 3.45. The highest BCUT2D eigenvalue weighted by atomic mass is 32.1. The first-order valence-electron chi connectivity index (χ1n) is 7.63. The molecule has 5 heteroatoms. The van der Waals surface area contributed by atoms with Crippen molar-refractivity contribution in [2.24, 2.45) is 17.8 Å². The second-order valence-corrected chi connectivity index (χ2v) is 6.76. The van der Waals surface area contributed by atoms with Crippen LogP contribution in [-0.4, -0.2) is 17.0 Å². The minimum absolute atomic E-state index is 0.00683. The van der Waals surface area contributed by atoms with E-state index in [2.05, 4.69) is 12.2 Å². The molecule has 116 valence electrons. The monoisotopic (exact) mass is 309 g/mol. The van der Waals surface area contributed by atoms with Crippen LogP contribution >= 0.6 is 11.3 Å². The van der Waals surface area contributed by atoms with Crippen LogP contribution in [0.3, 0.4) is 0 Å². The molecule has 21 heavy (non-hydrogen) atoms. The molecule has 0 radical (unpaired) electrons. The molecule has 1 saturated carbocycles. The molecule has 1 aliphatic carbocycles. The summed E-state index contributed by atoms with van der Waals surface area (Å²) in [5, 5.41) is 14.4. The van der Waals surface area contributed by atoms with Gasteiger partial charge in [0.2, 0.25) is 5.91 Å². The average molecular weight is 309 g/mol. The number of rotatable bonds is 6. The quantitative estimate of drug-likeness (QED) is 0.846. The Kier molecular flexibility index (Phi) is 5.39. The van der Waals surface area contributed by atoms with E-state index in [1.807, 2.05) is 24.4 Å². The molecule has 0 saturated heterocycles. The van der Waals surface area contributed by atoms with Crippen molar-refractivity contribution < 1.29 is 14.7 Å². The van der Waals surface area contributed by atoms with Crippen molar-refractivity contribution in [3.63, 3.8) is 0 Å². The van der Waals surface area contributed by atoms with Gasteiger partial charge < -0.3 is 10.4 Å². The molecule has 1 fully saturated rings. The van der Waals surface area contributed by atoms with E-state index in [9.17, 15) is 14.7 Å². The summed E-state index contributed by atoms with van der Waals surface area (Å²) in [6, 6.07) is 3.97. The molecule has 0 aromatic carbocycles. The molecule has 4 unspecified atom stereocenters. The molecule has 4 atom stereocenters. The molecule has 0 bridgehead atoms. The number of nitrogens with one attached hydrogen (secondary N) is 1. The van der Waals surface area contributed by atoms with Gasteiger partial charge in [-0.3, -0.25) is 9.59 Å². The van der Waals surface area contributed by atoms with Gasteiger partial charge in [-0.05, 0) is 36.6 Å². The fourth-order valence-electron chi connectivity index (χ4n) is 3.18. The Morgan fingerprint density at radius 2 is 2.10 bits per heavy atom. The molecule has 1 aromatic rings. The number of aliphatic carboxylic acids is 1. The Bertz CT molecular complexity index is 486. The van der Waals surface area contributed by atoms with Gasteiger partial charge >= 0.3 is 5.97 Å². The van der Waals surface area contributed by atoms with Crippen molar-refractivity contribution in [1.82, 2.24) is 5.32 Å². The number of hydrogen-bond acceptors (Lipinski definition) is 3. The Labute approximate surface area is 129 Å². The lowest BCUT2D eigenvalue weighted by Crippen LogP contribution is -2.37. The zero-order valence-corrected chi connectivity index (χ0v) is 13.4. The first-order chi connectivity index (χ1) is 10.1. The van der Waals surface area contributed by atoms with Crippen molar-refractivity contribution in [3.05, 3.63) is 22.4 Å². The van der Waals surface area contributed by atoms with E-state index in [4.69, 9.17) is 0 Å². The van der Waals surface area contributed by atoms with Crippen LogP contribution < -0.4 is 5.32 Å². The molecule has 4 nitrogen and oxygen atoms in total. The van der Waals surface area contributed by atoms with Crippen LogP contribution in [0.4, 0.5) is 0 Å². The summed E-state index contributed by atoms with van der Waals surface area (Å²) in [5.74, 6) is -1.50. The number of carbonyl (C=O) groups is 2. The summed E-state index contributed by atoms with van der Waals surface area (Å²) in [7, 11) is 0. The van der Waals surface area contributed by atoms with Crippen LogP contribution in [0.25, 0.3) is 0 Å². The summed E-state index contributed by atoms with van der Waals surface area (Å²) in [6.45, 7) is 4.09. The number of carboxylic acids is 1. The molecule has 0 aliphatic heterocycles. The summed E-state index contributed by atoms with van der Waals surface area (Å²) in [5.41, 5.74) is 0. The molecule has 1 aliphatic rings. The van der Waals surface area contributed by atoms with Crippen molar-refractivity contribution in [2.75, 3.05) is 0 Å². The van der Waals surface area contributed by atoms with Gasteiger partial charge in [0.1, 0.15) is 0 Å². The number of carbonyl (C=O) groups excluding carboxylic acids is 1. The van der Waals surface area contributed by atoms with E-state index in [0.717, 1.165) is 17.7 Å². The van der Waals surface area contributed by atoms with Gasteiger partial charge in [-0.15, -0.1) is 11.3 Å². The third-order valence-corrected chi connectivity index (χ3v) is 5.49. The maximum absolute atomic E-state index is 12.5. The lowest BCUT2D eigenvalue weighted by molar-refractivity contribution is -0.146. The van der Waals surface area contributed by atoms with Crippen molar-refractivity contribution in [1.29, 1.82) is 0 Å². The van der Waals surface area contributed by atoms with E-state index in [1.165, 1.54) is 0 Å². The predicted molar refractivity (Wildman–Crippen MR) is 83.1 cm³/mol. The van der Waals surface area contributed by atoms with Gasteiger partial charge in [0.15, 0.2) is 0 Å². The topological polar surface area (TPSA) is 66.4 Å². The van der Waals surface area contributed by atoms with E-state index >= 15 is 0 Å². The Morgan fingerprint density at radius 3 is 2.62 bits per heavy atom. The highest BCUT2D eigenvalue weighted by molar-refractivity contribution is 7.10. The zero-order chi connectivity index (χ0) is 15.4. The van der Waals surface area contributed by atoms with Crippen LogP contribution in [0.2, 0.25) is 0 Å². The van der Waals surface area contributed by atoms with Gasteiger partial charge in [0.05, 0.1) is 17.9 Å². The molecule has 1 amide bonds. The maximum Gasteiger partial charge on any atom is 0.307 e. The molecular formula is C16H23NO3S. The highest BCUT2D eigenvalue weighted by Gasteiger charge is 2.42. The van der Waals surface area contributed by atoms with E-state index in [-0.39, 0.29) is 17.9 Å². The van der Waals surface area contributed by atoms with E-state index < -0.39 is 11.9 Å². The Morgan fingerprint density at radius 1 is 1.38 bits per heavy atom. The molecule has 1 aromatic heterocycles. The van der Waals surface area contributed by atoms with E-state index in [1.54, 1.807) is 11.3 Å². The number of carboxylic acid groups (broad SMARTS) is 1. The van der Waals surface area contributed by atoms with Gasteiger partial charge in [-0.1, -0.05) is 26.3 Å². The molecule has 1 heterocycles. The average Bonchev–Trinajstić information content (AvgIpc) is 3.13. The summed E-state index contributed by atoms with van der Waals surface area (Å²) >= 11 is 1.62. The SMILES string of the molecule is CCC1CC(C(=O)O)C(C(=O)NC(CC)c2cccs2)C1. The largest absolute Gasteiger partial charge is 0.481 e. The van der Waals surface area contributed by atoms with Gasteiger partial charge in [-0.2, -0.15) is 0 Å². The molecule has 2 rings (SSSR count). The fourth-order valence-corrected chi connectivity index (χ4v) is 4.04. The first-order valence-corrected chi connectivity index (χ1v) is 8.51. The van der Waals surface area contributed by atoms with Crippen molar-refractivity contribution >= 4 is 23.2 Å². The third kappa shape index (κ3) is 3.64. The third-order valence-electron chi connectivity index (χ3n) is 4.50. The standard InChI is InChI=1S/C16H23NO3S/c1-3-10-8-11(12(9-10)16(19)20)15(18)17-13(4-2)14-6-5-7-21-14/h5-7,10-13H,3-4,8-9H2,1-2H3,(H,17,18)(H,19,20). The highest BCUT2D eigenvalue weighted by Crippen LogP contribution is 2.39. The van der Waals surface area contributed by atoms with Crippen LogP contribution in [-0.2, 0) is 9.59 Å². The van der Waals surface area contributed by atoms with E-state index in [0.29, 0.717) is 18.8 Å². The number of amides is 1. The fraction of sp³-hybridized carbons (Fsp3) is 0.625. The summed E-state index contributed by atoms with van der Waals surface area (Å²) < 4.78 is 0. The Hall–Kier alpha value is -1.36. The number of hydrogen-bond donors (Lipinski definition) is 2. The van der Waals surface area contributed by atoms with Crippen LogP contribution in [0, 0.1) is 17.8 Å². The maximum atomic E-state index is 12.5. The second kappa shape index (κ2) is 7.07. The second-order valence-electron chi connectivity index (χ2n) is 5.78. The first kappa shape index (κ1) is 16.0. The minimum Gasteiger partial charge on any atom is -0.481 e. The van der Waals surface area contributed by atoms with Crippen LogP contribution in [0.1, 0.15) is 50.4 Å². The van der Waals surface area contributed by atoms with Crippen LogP contribution in [0.5, 0.6) is 0 Å². The molecule has 0 spiro atoms. The summed E-state index contributed by atoms with van der Waals surface area (Å²) in [6.07, 6.45) is 3.07. The van der Waals surface area contributed by atoms with Crippen molar-refractivity contribution in [2.45, 2.75) is 45.6 Å². The van der Waals surface area contributed by atoms with Crippen LogP contribution in [0.15, 0.2) is 17.5 Å². The molecular weight excluding hydrogens is 286 g/mol. The zero-order valence-electron chi connectivity index (χ0n) is 12.5. The van der Waals surface area contributed by atoms with Crippen molar-refractivity contribution in [3.8, 4) is 0 Å². The van der Waals surface area contributed by atoms with Gasteiger partial charge in [0, 0.05) is 4.88 Å². The minimum atomic E-state index is -0.838.